The Kier molecular flexibility index (Phi) is 1.09. The zero-order valence-corrected chi connectivity index (χ0v) is 4.25. The summed E-state index contributed by atoms with van der Waals surface area (Å²) in [5.74, 6) is -0.209. The molecule has 0 atom stereocenters. The van der Waals surface area contributed by atoms with Gasteiger partial charge >= 0.3 is 0 Å². The number of carbonyl (C=O) groups excluding carboxylic acids is 1. The molecule has 8 heavy (non-hydrogen) atoms. The van der Waals surface area contributed by atoms with Crippen molar-refractivity contribution in [3.05, 3.63) is 0 Å². The van der Waals surface area contributed by atoms with E-state index in [1.54, 1.807) is 0 Å². The molecule has 1 rings (SSSR count). The van der Waals surface area contributed by atoms with Crippen molar-refractivity contribution in [1.29, 1.82) is 0 Å². The minimum atomic E-state index is -0.209. The summed E-state index contributed by atoms with van der Waals surface area (Å²) in [6.07, 6.45) is 0. The second-order valence-electron chi connectivity index (χ2n) is 1.24. The molecule has 0 saturated carbocycles. The summed E-state index contributed by atoms with van der Waals surface area (Å²) in [5.41, 5.74) is 4.62. The first kappa shape index (κ1) is 4.98. The third-order valence-electron chi connectivity index (χ3n) is 0.638. The molecule has 0 saturated heterocycles. The molecule has 0 aromatic carbocycles. The van der Waals surface area contributed by atoms with Crippen LogP contribution < -0.4 is 11.1 Å². The minimum Gasteiger partial charge on any atom is -0.272 e. The molecule has 44 valence electrons. The van der Waals surface area contributed by atoms with E-state index in [1.807, 2.05) is 0 Å². The Labute approximate surface area is 45.4 Å². The lowest BCUT2D eigenvalue weighted by atomic mass is 10.7. The van der Waals surface area contributed by atoms with Crippen molar-refractivity contribution in [3.63, 3.8) is 0 Å². The van der Waals surface area contributed by atoms with E-state index in [-0.39, 0.29) is 5.91 Å². The largest absolute Gasteiger partial charge is 0.272 e. The van der Waals surface area contributed by atoms with E-state index in [0.29, 0.717) is 0 Å². The minimum absolute atomic E-state index is 0.209. The van der Waals surface area contributed by atoms with Crippen LogP contribution in [0, 0.1) is 0 Å². The lowest BCUT2D eigenvalue weighted by molar-refractivity contribution is -0.131. The molecule has 0 fully saturated rings. The topological polar surface area (TPSA) is 69.1 Å². The van der Waals surface area contributed by atoms with Crippen molar-refractivity contribution in [1.82, 2.24) is 16.2 Å². The van der Waals surface area contributed by atoms with Gasteiger partial charge in [0.1, 0.15) is 0 Å². The Morgan fingerprint density at radius 1 is 1.75 bits per heavy atom. The van der Waals surface area contributed by atoms with Crippen LogP contribution in [0.4, 0.5) is 0 Å². The fourth-order valence-corrected chi connectivity index (χ4v) is 0.301. The number of rotatable bonds is 0. The van der Waals surface area contributed by atoms with Crippen LogP contribution >= 0.6 is 0 Å². The highest BCUT2D eigenvalue weighted by atomic mass is 16.2. The lowest BCUT2D eigenvalue weighted by Gasteiger charge is -2.02. The number of hydrazine groups is 2. The third kappa shape index (κ3) is 0.733. The first-order valence-electron chi connectivity index (χ1n) is 2.02. The molecule has 6 heteroatoms. The number of carbonyl (C=O) groups is 1. The fourth-order valence-electron chi connectivity index (χ4n) is 0.301. The molecule has 0 aromatic heterocycles. The van der Waals surface area contributed by atoms with Gasteiger partial charge in [0.2, 0.25) is 0 Å². The maximum atomic E-state index is 10.3. The molecule has 1 amide bonds. The lowest BCUT2D eigenvalue weighted by Crippen LogP contribution is -2.38. The zero-order valence-electron chi connectivity index (χ0n) is 4.25. The van der Waals surface area contributed by atoms with Gasteiger partial charge in [0.25, 0.3) is 5.91 Å². The zero-order chi connectivity index (χ0) is 5.98. The predicted molar refractivity (Wildman–Crippen MR) is 23.6 cm³/mol. The molecule has 0 radical (unpaired) electrons. The molecule has 1 aliphatic heterocycles. The van der Waals surface area contributed by atoms with Gasteiger partial charge in [-0.1, -0.05) is 0 Å². The van der Waals surface area contributed by atoms with Gasteiger partial charge < -0.3 is 0 Å². The van der Waals surface area contributed by atoms with Crippen LogP contribution in [0.5, 0.6) is 0 Å². The van der Waals surface area contributed by atoms with Crippen molar-refractivity contribution < 1.29 is 4.79 Å². The first-order valence-corrected chi connectivity index (χ1v) is 2.02. The molecular weight excluding hydrogens is 110 g/mol. The number of hydrogen-bond acceptors (Lipinski definition) is 5. The van der Waals surface area contributed by atoms with Crippen LogP contribution in [0.15, 0.2) is 10.4 Å². The fraction of sp³-hybridized carbons (Fsp3) is 0.500. The molecule has 1 heterocycles. The van der Waals surface area contributed by atoms with E-state index in [0.717, 1.165) is 5.12 Å². The van der Waals surface area contributed by atoms with Crippen LogP contribution in [0.1, 0.15) is 6.92 Å². The standard InChI is InChI=1S/C2H5N5O/c1-2(8)7-5-3-4-6-7/h1H3,(H,3,6)(H,4,5). The van der Waals surface area contributed by atoms with Crippen LogP contribution in [0.25, 0.3) is 0 Å². The van der Waals surface area contributed by atoms with Gasteiger partial charge in [-0.15, -0.1) is 10.7 Å². The molecular formula is C2H5N5O. The maximum Gasteiger partial charge on any atom is 0.257 e. The van der Waals surface area contributed by atoms with Gasteiger partial charge in [-0.2, -0.15) is 0 Å². The van der Waals surface area contributed by atoms with Crippen molar-refractivity contribution >= 4 is 5.91 Å². The Morgan fingerprint density at radius 3 is 2.75 bits per heavy atom. The molecule has 6 nitrogen and oxygen atoms in total. The van der Waals surface area contributed by atoms with Crippen LogP contribution in [0.3, 0.4) is 0 Å². The van der Waals surface area contributed by atoms with Gasteiger partial charge in [0.05, 0.1) is 0 Å². The van der Waals surface area contributed by atoms with E-state index in [4.69, 9.17) is 0 Å². The number of hydrogen-bond donors (Lipinski definition) is 2. The van der Waals surface area contributed by atoms with E-state index in [1.165, 1.54) is 6.92 Å². The van der Waals surface area contributed by atoms with Gasteiger partial charge in [-0.3, -0.25) is 4.79 Å². The summed E-state index contributed by atoms with van der Waals surface area (Å²) in [7, 11) is 0. The average molecular weight is 115 g/mol. The summed E-state index contributed by atoms with van der Waals surface area (Å²) in [6.45, 7) is 1.37. The summed E-state index contributed by atoms with van der Waals surface area (Å²) in [6, 6.07) is 0. The van der Waals surface area contributed by atoms with Crippen LogP contribution in [-0.2, 0) is 4.79 Å². The second kappa shape index (κ2) is 1.74. The molecule has 0 aromatic rings. The molecule has 0 bridgehead atoms. The van der Waals surface area contributed by atoms with Gasteiger partial charge in [-0.25, -0.2) is 5.53 Å². The Bertz CT molecular complexity index is 130. The third-order valence-corrected chi connectivity index (χ3v) is 0.638. The van der Waals surface area contributed by atoms with Crippen LogP contribution in [-0.4, -0.2) is 11.0 Å². The Morgan fingerprint density at radius 2 is 2.50 bits per heavy atom. The van der Waals surface area contributed by atoms with E-state index in [2.05, 4.69) is 21.5 Å². The molecule has 2 N–H and O–H groups in total. The first-order chi connectivity index (χ1) is 3.80. The van der Waals surface area contributed by atoms with E-state index >= 15 is 0 Å². The normalized spacial score (nSPS) is 16.4. The maximum absolute atomic E-state index is 10.3. The Balaban J connectivity index is 2.48. The van der Waals surface area contributed by atoms with Crippen molar-refractivity contribution in [3.8, 4) is 0 Å². The summed E-state index contributed by atoms with van der Waals surface area (Å²) < 4.78 is 0. The smallest absolute Gasteiger partial charge is 0.257 e. The number of nitrogens with one attached hydrogen (secondary N) is 2. The number of amides is 1. The number of nitrogens with zero attached hydrogens (tertiary/aromatic N) is 3. The van der Waals surface area contributed by atoms with E-state index < -0.39 is 0 Å². The van der Waals surface area contributed by atoms with Gasteiger partial charge in [-0.05, 0) is 10.4 Å². The quantitative estimate of drug-likeness (QED) is 0.431. The average Bonchev–Trinajstić information content (AvgIpc) is 2.12. The van der Waals surface area contributed by atoms with E-state index in [9.17, 15) is 4.79 Å². The van der Waals surface area contributed by atoms with Gasteiger partial charge in [0.15, 0.2) is 0 Å². The highest BCUT2D eigenvalue weighted by molar-refractivity contribution is 5.72. The van der Waals surface area contributed by atoms with Crippen LogP contribution in [0.2, 0.25) is 0 Å². The summed E-state index contributed by atoms with van der Waals surface area (Å²) >= 11 is 0. The van der Waals surface area contributed by atoms with Crippen molar-refractivity contribution in [2.24, 2.45) is 10.4 Å². The Hall–Kier alpha value is -1.17. The molecule has 0 unspecified atom stereocenters. The van der Waals surface area contributed by atoms with Gasteiger partial charge in [0, 0.05) is 6.92 Å². The molecule has 1 aliphatic rings. The highest BCUT2D eigenvalue weighted by Gasteiger charge is 2.08. The molecule has 0 spiro atoms. The van der Waals surface area contributed by atoms with Crippen molar-refractivity contribution in [2.75, 3.05) is 0 Å². The SMILES string of the molecule is CC(=O)N1N=NNN1. The predicted octanol–water partition coefficient (Wildman–Crippen LogP) is -0.860. The summed E-state index contributed by atoms with van der Waals surface area (Å²) in [4.78, 5) is 10.3. The second-order valence-corrected chi connectivity index (χ2v) is 1.24. The monoisotopic (exact) mass is 115 g/mol. The highest BCUT2D eigenvalue weighted by Crippen LogP contribution is 1.87. The summed E-state index contributed by atoms with van der Waals surface area (Å²) in [5, 5.41) is 7.56. The van der Waals surface area contributed by atoms with Crippen molar-refractivity contribution in [2.45, 2.75) is 6.92 Å². The molecule has 0 aliphatic carbocycles.